The van der Waals surface area contributed by atoms with Gasteiger partial charge in [0, 0.05) is 29.9 Å². The number of fused-ring (bicyclic) bond motifs is 1. The van der Waals surface area contributed by atoms with Gasteiger partial charge in [-0.1, -0.05) is 6.07 Å². The van der Waals surface area contributed by atoms with E-state index in [1.54, 1.807) is 36.5 Å². The van der Waals surface area contributed by atoms with Crippen molar-refractivity contribution in [2.45, 2.75) is 13.5 Å². The molecule has 0 fully saturated rings. The van der Waals surface area contributed by atoms with Crippen molar-refractivity contribution in [3.8, 4) is 28.9 Å². The van der Waals surface area contributed by atoms with Crippen molar-refractivity contribution < 1.29 is 19.3 Å². The van der Waals surface area contributed by atoms with E-state index in [0.717, 1.165) is 5.52 Å². The third kappa shape index (κ3) is 3.97. The molecule has 11 heteroatoms. The molecule has 1 amide bonds. The number of aromatic hydroxyl groups is 1. The van der Waals surface area contributed by atoms with Crippen molar-refractivity contribution in [1.29, 1.82) is 0 Å². The number of hydrogen-bond acceptors (Lipinski definition) is 9. The van der Waals surface area contributed by atoms with Crippen LogP contribution >= 0.6 is 0 Å². The molecule has 4 N–H and O–H groups in total. The number of aromatic nitrogens is 5. The van der Waals surface area contributed by atoms with Crippen molar-refractivity contribution in [1.82, 2.24) is 24.8 Å². The first-order valence-electron chi connectivity index (χ1n) is 10.3. The highest BCUT2D eigenvalue weighted by atomic mass is 16.6. The predicted molar refractivity (Wildman–Crippen MR) is 123 cm³/mol. The minimum absolute atomic E-state index is 0.0918. The molecular formula is C23H19N7O4. The number of amides is 1. The lowest BCUT2D eigenvalue weighted by Crippen LogP contribution is -2.11. The van der Waals surface area contributed by atoms with Gasteiger partial charge in [0.2, 0.25) is 5.88 Å². The molecule has 0 unspecified atom stereocenters. The summed E-state index contributed by atoms with van der Waals surface area (Å²) < 4.78 is 12.6. The Morgan fingerprint density at radius 1 is 1.18 bits per heavy atom. The number of benzene rings is 2. The molecule has 0 atom stereocenters. The van der Waals surface area contributed by atoms with Gasteiger partial charge < -0.3 is 25.5 Å². The van der Waals surface area contributed by atoms with E-state index in [9.17, 15) is 9.90 Å². The number of aryl methyl sites for hydroxylation is 1. The maximum atomic E-state index is 12.5. The minimum Gasteiger partial charge on any atom is -0.508 e. The summed E-state index contributed by atoms with van der Waals surface area (Å²) in [6, 6.07) is 14.7. The van der Waals surface area contributed by atoms with Crippen LogP contribution in [0.2, 0.25) is 0 Å². The van der Waals surface area contributed by atoms with E-state index in [4.69, 9.17) is 15.1 Å². The fraction of sp³-hybridized carbons (Fsp3) is 0.0870. The van der Waals surface area contributed by atoms with Gasteiger partial charge in [-0.25, -0.2) is 14.6 Å². The average molecular weight is 457 g/mol. The van der Waals surface area contributed by atoms with E-state index >= 15 is 0 Å². The molecule has 3 heterocycles. The molecule has 34 heavy (non-hydrogen) atoms. The van der Waals surface area contributed by atoms with Crippen LogP contribution in [0.4, 0.5) is 11.5 Å². The van der Waals surface area contributed by atoms with Crippen LogP contribution in [0.5, 0.6) is 17.4 Å². The Kier molecular flexibility index (Phi) is 5.26. The summed E-state index contributed by atoms with van der Waals surface area (Å²) in [5.41, 5.74) is 8.59. The first kappa shape index (κ1) is 20.9. The van der Waals surface area contributed by atoms with Crippen molar-refractivity contribution in [3.63, 3.8) is 0 Å². The number of carbonyl (C=O) groups excluding carboxylic acids is 1. The molecule has 2 aromatic carbocycles. The summed E-state index contributed by atoms with van der Waals surface area (Å²) >= 11 is 0. The second kappa shape index (κ2) is 8.54. The lowest BCUT2D eigenvalue weighted by Gasteiger charge is -2.09. The maximum absolute atomic E-state index is 12.5. The second-order valence-corrected chi connectivity index (χ2v) is 7.32. The van der Waals surface area contributed by atoms with Gasteiger partial charge >= 0.3 is 0 Å². The Hall–Kier alpha value is -4.93. The lowest BCUT2D eigenvalue weighted by molar-refractivity contribution is 0.102. The average Bonchev–Trinajstić information content (AvgIpc) is 3.42. The first-order valence-corrected chi connectivity index (χ1v) is 10.3. The van der Waals surface area contributed by atoms with Gasteiger partial charge in [0.15, 0.2) is 17.3 Å². The number of nitrogen functional groups attached to an aromatic ring is 1. The standard InChI is InChI=1S/C23H19N7O4/c1-2-30-18-11-19(25-12-17(18)27-22(30)20-21(24)29-34-28-20)33-16-5-3-4-14(10-16)26-23(32)13-6-8-15(31)9-7-13/h3-12,31H,2H2,1H3,(H2,24,29)(H,26,32). The van der Waals surface area contributed by atoms with Gasteiger partial charge in [0.25, 0.3) is 5.91 Å². The number of phenols is 1. The first-order chi connectivity index (χ1) is 16.5. The summed E-state index contributed by atoms with van der Waals surface area (Å²) in [5, 5.41) is 19.7. The molecule has 3 aromatic heterocycles. The zero-order chi connectivity index (χ0) is 23.7. The smallest absolute Gasteiger partial charge is 0.255 e. The van der Waals surface area contributed by atoms with Gasteiger partial charge in [-0.15, -0.1) is 0 Å². The molecule has 5 rings (SSSR count). The summed E-state index contributed by atoms with van der Waals surface area (Å²) in [7, 11) is 0. The SMILES string of the molecule is CCn1c(-c2nonc2N)nc2cnc(Oc3cccc(NC(=O)c4ccc(O)cc4)c3)cc21. The molecule has 0 radical (unpaired) electrons. The van der Waals surface area contributed by atoms with E-state index in [2.05, 4.69) is 25.6 Å². The molecule has 0 saturated carbocycles. The molecule has 170 valence electrons. The fourth-order valence-corrected chi connectivity index (χ4v) is 3.49. The van der Waals surface area contributed by atoms with Crippen LogP contribution in [-0.4, -0.2) is 35.9 Å². The number of nitrogens with two attached hydrogens (primary N) is 1. The van der Waals surface area contributed by atoms with Crippen molar-refractivity contribution in [3.05, 3.63) is 66.4 Å². The van der Waals surface area contributed by atoms with E-state index in [1.807, 2.05) is 11.5 Å². The van der Waals surface area contributed by atoms with Crippen molar-refractivity contribution >= 4 is 28.4 Å². The Morgan fingerprint density at radius 2 is 2.00 bits per heavy atom. The number of nitrogens with one attached hydrogen (secondary N) is 1. The molecule has 11 nitrogen and oxygen atoms in total. The third-order valence-corrected chi connectivity index (χ3v) is 5.10. The van der Waals surface area contributed by atoms with E-state index < -0.39 is 0 Å². The number of phenolic OH excluding ortho intramolecular Hbond substituents is 1. The highest BCUT2D eigenvalue weighted by molar-refractivity contribution is 6.04. The van der Waals surface area contributed by atoms with Gasteiger partial charge in [-0.05, 0) is 53.6 Å². The predicted octanol–water partition coefficient (Wildman–Crippen LogP) is 3.83. The van der Waals surface area contributed by atoms with E-state index in [1.165, 1.54) is 24.3 Å². The third-order valence-electron chi connectivity index (χ3n) is 5.10. The van der Waals surface area contributed by atoms with Crippen molar-refractivity contribution in [2.24, 2.45) is 0 Å². The highest BCUT2D eigenvalue weighted by Gasteiger charge is 2.19. The maximum Gasteiger partial charge on any atom is 0.255 e. The highest BCUT2D eigenvalue weighted by Crippen LogP contribution is 2.30. The summed E-state index contributed by atoms with van der Waals surface area (Å²) in [5.74, 6) is 1.30. The number of hydrogen-bond donors (Lipinski definition) is 3. The quantitative estimate of drug-likeness (QED) is 0.345. The lowest BCUT2D eigenvalue weighted by atomic mass is 10.2. The Morgan fingerprint density at radius 3 is 2.74 bits per heavy atom. The van der Waals surface area contributed by atoms with E-state index in [-0.39, 0.29) is 17.5 Å². The Bertz CT molecular complexity index is 1490. The van der Waals surface area contributed by atoms with Gasteiger partial charge in [-0.3, -0.25) is 4.79 Å². The van der Waals surface area contributed by atoms with Gasteiger partial charge in [0.1, 0.15) is 17.0 Å². The normalized spacial score (nSPS) is 11.0. The number of rotatable bonds is 6. The largest absolute Gasteiger partial charge is 0.508 e. The van der Waals surface area contributed by atoms with Gasteiger partial charge in [-0.2, -0.15) is 0 Å². The number of pyridine rings is 1. The summed E-state index contributed by atoms with van der Waals surface area (Å²) in [6.07, 6.45) is 1.60. The van der Waals surface area contributed by atoms with Crippen LogP contribution in [0.15, 0.2) is 65.4 Å². The molecule has 0 aliphatic carbocycles. The molecule has 5 aromatic rings. The Labute approximate surface area is 192 Å². The van der Waals surface area contributed by atoms with Crippen LogP contribution in [-0.2, 0) is 6.54 Å². The molecule has 0 aliphatic rings. The van der Waals surface area contributed by atoms with Crippen molar-refractivity contribution in [2.75, 3.05) is 11.1 Å². The topological polar surface area (TPSA) is 154 Å². The van der Waals surface area contributed by atoms with Crippen LogP contribution in [0.25, 0.3) is 22.6 Å². The van der Waals surface area contributed by atoms with Crippen LogP contribution in [0.3, 0.4) is 0 Å². The van der Waals surface area contributed by atoms with Crippen LogP contribution < -0.4 is 15.8 Å². The molecule has 0 aliphatic heterocycles. The molecular weight excluding hydrogens is 438 g/mol. The van der Waals surface area contributed by atoms with Crippen LogP contribution in [0, 0.1) is 0 Å². The zero-order valence-electron chi connectivity index (χ0n) is 18.0. The number of ether oxygens (including phenoxy) is 1. The number of nitrogens with zero attached hydrogens (tertiary/aromatic N) is 5. The molecule has 0 bridgehead atoms. The molecule has 0 spiro atoms. The summed E-state index contributed by atoms with van der Waals surface area (Å²) in [6.45, 7) is 2.57. The second-order valence-electron chi connectivity index (χ2n) is 7.32. The number of imidazole rings is 1. The van der Waals surface area contributed by atoms with Gasteiger partial charge in [0.05, 0.1) is 11.7 Å². The monoisotopic (exact) mass is 457 g/mol. The van der Waals surface area contributed by atoms with Crippen LogP contribution in [0.1, 0.15) is 17.3 Å². The molecule has 0 saturated heterocycles. The minimum atomic E-state index is -0.308. The fourth-order valence-electron chi connectivity index (χ4n) is 3.49. The number of anilines is 2. The van der Waals surface area contributed by atoms with E-state index in [0.29, 0.717) is 46.5 Å². The number of carbonyl (C=O) groups is 1. The Balaban J connectivity index is 1.39. The zero-order valence-corrected chi connectivity index (χ0v) is 18.0. The summed E-state index contributed by atoms with van der Waals surface area (Å²) in [4.78, 5) is 21.4.